The molecule has 1 spiro atoms. The summed E-state index contributed by atoms with van der Waals surface area (Å²) in [5.74, 6) is 0. The Morgan fingerprint density at radius 3 is 1.04 bits per heavy atom. The van der Waals surface area contributed by atoms with E-state index in [0.29, 0.717) is 0 Å². The van der Waals surface area contributed by atoms with Gasteiger partial charge in [-0.1, -0.05) is 104 Å². The second-order valence-corrected chi connectivity index (χ2v) is 15.3. The highest BCUT2D eigenvalue weighted by Crippen LogP contribution is 2.63. The van der Waals surface area contributed by atoms with Crippen LogP contribution in [-0.2, 0) is 30.6 Å². The van der Waals surface area contributed by atoms with Gasteiger partial charge in [-0.2, -0.15) is 0 Å². The van der Waals surface area contributed by atoms with Crippen molar-refractivity contribution in [3.8, 4) is 22.3 Å². The van der Waals surface area contributed by atoms with E-state index in [1.807, 2.05) is 0 Å². The zero-order valence-electron chi connectivity index (χ0n) is 33.5. The molecule has 0 unspecified atom stereocenters. The molecule has 0 saturated carbocycles. The molecular formula is C47H64N4. The first kappa shape index (κ1) is 37.5. The van der Waals surface area contributed by atoms with Gasteiger partial charge in [-0.05, 0) is 157 Å². The Hall–Kier alpha value is -3.28. The van der Waals surface area contributed by atoms with Crippen molar-refractivity contribution in [3.05, 3.63) is 117 Å². The van der Waals surface area contributed by atoms with Gasteiger partial charge in [-0.25, -0.2) is 0 Å². The molecule has 4 nitrogen and oxygen atoms in total. The third-order valence-electron chi connectivity index (χ3n) is 12.6. The SMILES string of the molecule is CCN(CC)Cc1ccc2c(c1)-c1cc(CN(CC)CC)ccc1C21c2ccc(CN(CC)CC)cc2-c2cc(C(C)(C)N(CC)CC)ccc21. The van der Waals surface area contributed by atoms with Crippen molar-refractivity contribution >= 4 is 0 Å². The van der Waals surface area contributed by atoms with Crippen LogP contribution in [0.25, 0.3) is 22.3 Å². The van der Waals surface area contributed by atoms with Gasteiger partial charge in [0.15, 0.2) is 0 Å². The van der Waals surface area contributed by atoms with Crippen LogP contribution in [0.3, 0.4) is 0 Å². The Labute approximate surface area is 310 Å². The standard InChI is InChI=1S/C47H64N4/c1-11-48(12-2)31-34-19-23-42-38(27-34)39-28-35(32-49(13-3)14-4)20-24-43(39)47(42)44-25-21-36(33-50(15-5)16-6)29-40(44)41-30-37(22-26-45(41)47)46(9,10)51(17-7)18-8/h19-30H,11-18,31-33H2,1-10H3. The Kier molecular flexibility index (Phi) is 11.3. The maximum atomic E-state index is 2.59. The summed E-state index contributed by atoms with van der Waals surface area (Å²) in [5, 5.41) is 0. The van der Waals surface area contributed by atoms with Crippen LogP contribution in [-0.4, -0.2) is 72.0 Å². The average Bonchev–Trinajstić information content (AvgIpc) is 3.60. The van der Waals surface area contributed by atoms with Crippen molar-refractivity contribution in [1.29, 1.82) is 0 Å². The predicted molar refractivity (Wildman–Crippen MR) is 219 cm³/mol. The molecule has 6 rings (SSSR count). The first-order valence-corrected chi connectivity index (χ1v) is 20.1. The average molecular weight is 685 g/mol. The highest BCUT2D eigenvalue weighted by molar-refractivity contribution is 5.95. The molecule has 0 aromatic heterocycles. The fraction of sp³-hybridized carbons (Fsp3) is 0.489. The van der Waals surface area contributed by atoms with Gasteiger partial charge in [-0.3, -0.25) is 19.6 Å². The molecule has 0 N–H and O–H groups in total. The lowest BCUT2D eigenvalue weighted by Crippen LogP contribution is -2.41. The van der Waals surface area contributed by atoms with Gasteiger partial charge in [0.2, 0.25) is 0 Å². The van der Waals surface area contributed by atoms with E-state index in [1.165, 1.54) is 66.8 Å². The molecule has 0 atom stereocenters. The molecule has 272 valence electrons. The number of fused-ring (bicyclic) bond motifs is 10. The van der Waals surface area contributed by atoms with E-state index in [-0.39, 0.29) is 11.0 Å². The molecule has 2 aliphatic carbocycles. The largest absolute Gasteiger partial charge is 0.300 e. The number of hydrogen-bond donors (Lipinski definition) is 0. The highest BCUT2D eigenvalue weighted by atomic mass is 15.2. The minimum absolute atomic E-state index is 0.0720. The number of rotatable bonds is 16. The fourth-order valence-electron chi connectivity index (χ4n) is 9.38. The molecule has 2 aliphatic rings. The van der Waals surface area contributed by atoms with Gasteiger partial charge in [0.1, 0.15) is 0 Å². The van der Waals surface area contributed by atoms with Gasteiger partial charge < -0.3 is 0 Å². The predicted octanol–water partition coefficient (Wildman–Crippen LogP) is 10.1. The lowest BCUT2D eigenvalue weighted by Gasteiger charge is -2.38. The van der Waals surface area contributed by atoms with E-state index in [0.717, 1.165) is 72.0 Å². The van der Waals surface area contributed by atoms with Crippen LogP contribution < -0.4 is 0 Å². The first-order valence-electron chi connectivity index (χ1n) is 20.1. The topological polar surface area (TPSA) is 13.0 Å². The highest BCUT2D eigenvalue weighted by Gasteiger charge is 2.52. The van der Waals surface area contributed by atoms with Crippen LogP contribution in [0.15, 0.2) is 72.8 Å². The summed E-state index contributed by atoms with van der Waals surface area (Å²) >= 11 is 0. The summed E-state index contributed by atoms with van der Waals surface area (Å²) in [6.07, 6.45) is 0. The van der Waals surface area contributed by atoms with Crippen LogP contribution in [0.1, 0.15) is 114 Å². The molecule has 0 aliphatic heterocycles. The smallest absolute Gasteiger partial charge is 0.0725 e. The third kappa shape index (κ3) is 6.41. The Balaban J connectivity index is 1.63. The molecule has 0 fully saturated rings. The molecule has 0 amide bonds. The summed E-state index contributed by atoms with van der Waals surface area (Å²) in [5.41, 5.74) is 16.6. The molecule has 0 heterocycles. The van der Waals surface area contributed by atoms with E-state index in [2.05, 4.69) is 162 Å². The lowest BCUT2D eigenvalue weighted by atomic mass is 9.70. The molecule has 4 aromatic rings. The first-order chi connectivity index (χ1) is 24.6. The van der Waals surface area contributed by atoms with Crippen LogP contribution >= 0.6 is 0 Å². The van der Waals surface area contributed by atoms with Crippen molar-refractivity contribution in [2.24, 2.45) is 0 Å². The van der Waals surface area contributed by atoms with Crippen molar-refractivity contribution in [3.63, 3.8) is 0 Å². The second-order valence-electron chi connectivity index (χ2n) is 15.3. The van der Waals surface area contributed by atoms with E-state index in [1.54, 1.807) is 0 Å². The number of benzene rings is 4. The second kappa shape index (κ2) is 15.4. The zero-order valence-corrected chi connectivity index (χ0v) is 33.5. The van der Waals surface area contributed by atoms with Crippen LogP contribution in [0, 0.1) is 0 Å². The Morgan fingerprint density at radius 2 is 0.725 bits per heavy atom. The Morgan fingerprint density at radius 1 is 0.412 bits per heavy atom. The minimum atomic E-state index is -0.345. The molecular weight excluding hydrogens is 621 g/mol. The molecule has 0 saturated heterocycles. The summed E-state index contributed by atoms with van der Waals surface area (Å²) < 4.78 is 0. The summed E-state index contributed by atoms with van der Waals surface area (Å²) in [4.78, 5) is 10.2. The molecule has 51 heavy (non-hydrogen) atoms. The molecule has 0 radical (unpaired) electrons. The maximum Gasteiger partial charge on any atom is 0.0725 e. The van der Waals surface area contributed by atoms with Crippen molar-refractivity contribution in [2.75, 3.05) is 52.4 Å². The van der Waals surface area contributed by atoms with E-state index in [4.69, 9.17) is 0 Å². The van der Waals surface area contributed by atoms with Gasteiger partial charge in [0, 0.05) is 25.2 Å². The van der Waals surface area contributed by atoms with E-state index < -0.39 is 0 Å². The quantitative estimate of drug-likeness (QED) is 0.101. The van der Waals surface area contributed by atoms with Crippen LogP contribution in [0.4, 0.5) is 0 Å². The monoisotopic (exact) mass is 685 g/mol. The summed E-state index contributed by atoms with van der Waals surface area (Å²) in [6, 6.07) is 29.9. The van der Waals surface area contributed by atoms with Gasteiger partial charge in [0.25, 0.3) is 0 Å². The van der Waals surface area contributed by atoms with Crippen LogP contribution in [0.2, 0.25) is 0 Å². The van der Waals surface area contributed by atoms with Crippen molar-refractivity contribution in [2.45, 2.75) is 99.8 Å². The zero-order chi connectivity index (χ0) is 36.5. The molecule has 4 heteroatoms. The fourth-order valence-corrected chi connectivity index (χ4v) is 9.38. The molecule has 0 bridgehead atoms. The maximum absolute atomic E-state index is 2.59. The molecule has 4 aromatic carbocycles. The summed E-state index contributed by atoms with van der Waals surface area (Å²) in [7, 11) is 0. The van der Waals surface area contributed by atoms with E-state index in [9.17, 15) is 0 Å². The van der Waals surface area contributed by atoms with Crippen molar-refractivity contribution in [1.82, 2.24) is 19.6 Å². The third-order valence-corrected chi connectivity index (χ3v) is 12.6. The minimum Gasteiger partial charge on any atom is -0.300 e. The van der Waals surface area contributed by atoms with Crippen molar-refractivity contribution < 1.29 is 0 Å². The van der Waals surface area contributed by atoms with Gasteiger partial charge in [0.05, 0.1) is 5.41 Å². The van der Waals surface area contributed by atoms with Gasteiger partial charge >= 0.3 is 0 Å². The number of hydrogen-bond acceptors (Lipinski definition) is 4. The van der Waals surface area contributed by atoms with Crippen LogP contribution in [0.5, 0.6) is 0 Å². The summed E-state index contributed by atoms with van der Waals surface area (Å²) in [6.45, 7) is 34.4. The van der Waals surface area contributed by atoms with Gasteiger partial charge in [-0.15, -0.1) is 0 Å². The Bertz CT molecular complexity index is 1760. The number of nitrogens with zero attached hydrogens (tertiary/aromatic N) is 4. The van der Waals surface area contributed by atoms with E-state index >= 15 is 0 Å². The normalized spacial score (nSPS) is 14.2. The lowest BCUT2D eigenvalue weighted by molar-refractivity contribution is 0.135.